The summed E-state index contributed by atoms with van der Waals surface area (Å²) in [5.74, 6) is 0. The van der Waals surface area contributed by atoms with Gasteiger partial charge in [-0.15, -0.1) is 6.58 Å². The van der Waals surface area contributed by atoms with Crippen LogP contribution in [0.5, 0.6) is 0 Å². The minimum absolute atomic E-state index is 1.50. The van der Waals surface area contributed by atoms with Gasteiger partial charge in [-0.25, -0.2) is 0 Å². The lowest BCUT2D eigenvalue weighted by Gasteiger charge is -2.45. The van der Waals surface area contributed by atoms with Crippen molar-refractivity contribution in [3.63, 3.8) is 0 Å². The van der Waals surface area contributed by atoms with Crippen LogP contribution < -0.4 is 0 Å². The van der Waals surface area contributed by atoms with E-state index in [0.29, 0.717) is 0 Å². The zero-order valence-electron chi connectivity index (χ0n) is 81.6. The molecule has 0 rings (SSSR count). The first-order valence-electron chi connectivity index (χ1n) is 39.1. The molecular formula is C57H168O29Si27. The standard InChI is InChI=1S/C57H168O29Si27/c1-57-87(5,6)61-88(7,8)62-89(9,10)63-90(11,12)64-91(13,14)65-92(15,16)66-93(17,18)67-94(19,20)68-95(21,22)69-96(23,24)70-97(25,26)71-98(27,28)72-99(29,30)73-100(31,32)74-101(33,34)75-102(35,36)76-103(37,38)77-104(39,40)78-105(41,42)79-106(43,44)80-107(45,46)81-108(47,48)82-109(49,50)83-110(51,52)84-111(53,54)85-112(55,56)86-113(58-2,59-3)60-4/h57H,1H2,2-56H3. The van der Waals surface area contributed by atoms with Gasteiger partial charge >= 0.3 is 223 Å². The van der Waals surface area contributed by atoms with Gasteiger partial charge in [0.1, 0.15) is 0 Å². The lowest BCUT2D eigenvalue weighted by Crippen LogP contribution is -2.63. The lowest BCUT2D eigenvalue weighted by atomic mass is 11.3. The summed E-state index contributed by atoms with van der Waals surface area (Å²) < 4.78 is 196. The van der Waals surface area contributed by atoms with Crippen LogP contribution in [-0.4, -0.2) is 253 Å². The molecule has 678 valence electrons. The summed E-state index contributed by atoms with van der Waals surface area (Å²) in [5, 5.41) is 0. The molecule has 113 heavy (non-hydrogen) atoms. The largest absolute Gasteiger partial charge is 0.669 e. The third kappa shape index (κ3) is 51.3. The van der Waals surface area contributed by atoms with E-state index in [1.165, 1.54) is 21.3 Å². The molecule has 0 aliphatic heterocycles. The maximum Gasteiger partial charge on any atom is 0.669 e. The van der Waals surface area contributed by atoms with Gasteiger partial charge in [0.05, 0.1) is 0 Å². The molecule has 0 N–H and O–H groups in total. The molecule has 0 atom stereocenters. The van der Waals surface area contributed by atoms with E-state index in [4.69, 9.17) is 120 Å². The van der Waals surface area contributed by atoms with E-state index >= 15 is 0 Å². The predicted octanol–water partition coefficient (Wildman–Crippen LogP) is 19.3. The summed E-state index contributed by atoms with van der Waals surface area (Å²) in [6.07, 6.45) is 0. The van der Waals surface area contributed by atoms with Crippen molar-refractivity contribution < 1.29 is 120 Å². The van der Waals surface area contributed by atoms with E-state index in [0.717, 1.165) is 0 Å². The molecule has 0 unspecified atom stereocenters. The fourth-order valence-electron chi connectivity index (χ4n) is 16.1. The van der Waals surface area contributed by atoms with Crippen molar-refractivity contribution in [2.75, 3.05) is 21.3 Å². The molecule has 0 radical (unpaired) electrons. The first-order chi connectivity index (χ1) is 48.6. The fraction of sp³-hybridized carbons (Fsp3) is 0.965. The van der Waals surface area contributed by atoms with Crippen molar-refractivity contribution in [3.05, 3.63) is 12.3 Å². The smallest absolute Gasteiger partial charge is 0.433 e. The summed E-state index contributed by atoms with van der Waals surface area (Å²) in [7, 11) is -72.6. The maximum absolute atomic E-state index is 7.01. The molecule has 0 saturated heterocycles. The van der Waals surface area contributed by atoms with Gasteiger partial charge in [-0.1, -0.05) is 5.70 Å². The predicted molar refractivity (Wildman–Crippen MR) is 520 cm³/mol. The van der Waals surface area contributed by atoms with Gasteiger partial charge in [0.15, 0.2) is 8.32 Å². The van der Waals surface area contributed by atoms with Crippen molar-refractivity contribution in [2.24, 2.45) is 0 Å². The highest BCUT2D eigenvalue weighted by Crippen LogP contribution is 2.38. The van der Waals surface area contributed by atoms with Gasteiger partial charge in [0.25, 0.3) is 0 Å². The minimum Gasteiger partial charge on any atom is -0.433 e. The monoisotopic (exact) mass is 2070 g/mol. The Hall–Kier alpha value is 4.44. The number of hydrogen-bond acceptors (Lipinski definition) is 29. The summed E-state index contributed by atoms with van der Waals surface area (Å²) in [5.41, 5.74) is 1.94. The molecular weight excluding hydrogens is 1910 g/mol. The molecule has 0 aromatic heterocycles. The highest BCUT2D eigenvalue weighted by atomic mass is 28.6. The highest BCUT2D eigenvalue weighted by molar-refractivity contribution is 6.98. The zero-order valence-corrected chi connectivity index (χ0v) is 109. The van der Waals surface area contributed by atoms with Crippen molar-refractivity contribution >= 4 is 231 Å². The quantitative estimate of drug-likeness (QED) is 0.0512. The first kappa shape index (κ1) is 117. The van der Waals surface area contributed by atoms with Gasteiger partial charge < -0.3 is 120 Å². The van der Waals surface area contributed by atoms with Crippen molar-refractivity contribution in [2.45, 2.75) is 340 Å². The topological polar surface area (TPSA) is 268 Å². The van der Waals surface area contributed by atoms with E-state index in [2.05, 4.69) is 138 Å². The molecule has 0 saturated carbocycles. The normalized spacial score (nSPS) is 16.1. The molecule has 0 heterocycles. The van der Waals surface area contributed by atoms with Crippen molar-refractivity contribution in [1.82, 2.24) is 0 Å². The van der Waals surface area contributed by atoms with Crippen LogP contribution in [0.15, 0.2) is 12.3 Å². The van der Waals surface area contributed by atoms with Crippen LogP contribution in [0.4, 0.5) is 0 Å². The van der Waals surface area contributed by atoms with Gasteiger partial charge in [-0.3, -0.25) is 0 Å². The Morgan fingerprint density at radius 3 is 0.265 bits per heavy atom. The average Bonchev–Trinajstić information content (AvgIpc) is 0.800. The summed E-state index contributed by atoms with van der Waals surface area (Å²) in [6.45, 7) is 110. The molecule has 0 aromatic rings. The Labute approximate surface area is 719 Å². The second-order valence-corrected chi connectivity index (χ2v) is 138. The van der Waals surface area contributed by atoms with Crippen LogP contribution in [0.2, 0.25) is 340 Å². The van der Waals surface area contributed by atoms with Gasteiger partial charge in [-0.05, 0) is 340 Å². The number of hydrogen-bond donors (Lipinski definition) is 0. The molecule has 0 aliphatic carbocycles. The Morgan fingerprint density at radius 2 is 0.195 bits per heavy atom. The van der Waals surface area contributed by atoms with E-state index < -0.39 is 231 Å². The molecule has 29 nitrogen and oxygen atoms in total. The zero-order chi connectivity index (χ0) is 90.7. The highest BCUT2D eigenvalue weighted by Gasteiger charge is 2.58. The van der Waals surface area contributed by atoms with Gasteiger partial charge in [0, 0.05) is 21.3 Å². The van der Waals surface area contributed by atoms with Crippen LogP contribution in [0.3, 0.4) is 0 Å². The third-order valence-corrected chi connectivity index (χ3v) is 118. The molecule has 0 spiro atoms. The summed E-state index contributed by atoms with van der Waals surface area (Å²) in [6, 6.07) is 0. The van der Waals surface area contributed by atoms with Crippen LogP contribution in [0.1, 0.15) is 0 Å². The Morgan fingerprint density at radius 1 is 0.124 bits per heavy atom. The summed E-state index contributed by atoms with van der Waals surface area (Å²) >= 11 is 0. The SMILES string of the molecule is C=C[Si](C)(C)O[Si](C)(C)O[Si](C)(C)O[Si](C)(C)O[Si](C)(C)O[Si](C)(C)O[Si](C)(C)O[Si](C)(C)O[Si](C)(C)O[Si](C)(C)O[Si](C)(C)O[Si](C)(C)O[Si](C)(C)O[Si](C)(C)O[Si](C)(C)O[Si](C)(C)O[Si](C)(C)O[Si](C)(C)O[Si](C)(C)O[Si](C)(C)O[Si](C)(C)O[Si](C)(C)O[Si](C)(C)O[Si](C)(C)O[Si](C)(C)O[Si](C)(C)O[Si](OC)(OC)OC. The average molecular weight is 2080 g/mol. The molecule has 0 aromatic carbocycles. The molecule has 0 fully saturated rings. The molecule has 0 bridgehead atoms. The molecule has 0 aliphatic rings. The second kappa shape index (κ2) is 40.2. The van der Waals surface area contributed by atoms with Crippen molar-refractivity contribution in [3.8, 4) is 0 Å². The van der Waals surface area contributed by atoms with Crippen molar-refractivity contribution in [1.29, 1.82) is 0 Å². The number of rotatable bonds is 56. The van der Waals surface area contributed by atoms with E-state index in [9.17, 15) is 0 Å². The minimum atomic E-state index is -3.37. The van der Waals surface area contributed by atoms with Crippen LogP contribution >= 0.6 is 0 Å². The van der Waals surface area contributed by atoms with Crippen LogP contribution in [0, 0.1) is 0 Å². The lowest BCUT2D eigenvalue weighted by molar-refractivity contribution is 0.0403. The van der Waals surface area contributed by atoms with Crippen LogP contribution in [-0.2, 0) is 120 Å². The van der Waals surface area contributed by atoms with E-state index in [1.807, 2.05) is 215 Å². The second-order valence-electron chi connectivity index (χ2n) is 40.6. The Bertz CT molecular complexity index is 2970. The summed E-state index contributed by atoms with van der Waals surface area (Å²) in [4.78, 5) is 0. The van der Waals surface area contributed by atoms with E-state index in [-0.39, 0.29) is 0 Å². The third-order valence-electron chi connectivity index (χ3n) is 13.9. The molecule has 0 amide bonds. The maximum atomic E-state index is 7.01. The first-order valence-corrected chi connectivity index (χ1v) is 114. The van der Waals surface area contributed by atoms with Gasteiger partial charge in [0.2, 0.25) is 0 Å². The van der Waals surface area contributed by atoms with E-state index in [1.54, 1.807) is 0 Å². The van der Waals surface area contributed by atoms with Crippen LogP contribution in [0.25, 0.3) is 0 Å². The fourth-order valence-corrected chi connectivity index (χ4v) is 153. The Balaban J connectivity index is 5.95. The van der Waals surface area contributed by atoms with Gasteiger partial charge in [-0.2, -0.15) is 0 Å². The molecule has 56 heteroatoms. The Kier molecular flexibility index (Phi) is 41.8.